The van der Waals surface area contributed by atoms with Crippen LogP contribution in [0.1, 0.15) is 0 Å². The summed E-state index contributed by atoms with van der Waals surface area (Å²) in [5, 5.41) is 2.55. The van der Waals surface area contributed by atoms with E-state index in [1.807, 2.05) is 0 Å². The largest absolute Gasteiger partial charge is 0.461 e. The van der Waals surface area contributed by atoms with E-state index in [2.05, 4.69) is 10.1 Å². The van der Waals surface area contributed by atoms with Crippen molar-refractivity contribution >= 4 is 5.69 Å². The van der Waals surface area contributed by atoms with E-state index in [-0.39, 0.29) is 11.4 Å². The molecular weight excluding hydrogens is 214 g/mol. The molecule has 1 rings (SSSR count). The molecular formula is C9H9F4NO. The van der Waals surface area contributed by atoms with Crippen molar-refractivity contribution in [1.29, 1.82) is 0 Å². The molecule has 0 amide bonds. The van der Waals surface area contributed by atoms with Gasteiger partial charge in [0.25, 0.3) is 0 Å². The summed E-state index contributed by atoms with van der Waals surface area (Å²) < 4.78 is 52.7. The van der Waals surface area contributed by atoms with Crippen LogP contribution in [0.2, 0.25) is 0 Å². The van der Waals surface area contributed by atoms with Crippen LogP contribution < -0.4 is 10.1 Å². The first-order valence-electron chi connectivity index (χ1n) is 4.09. The third-order valence-electron chi connectivity index (χ3n) is 1.66. The van der Waals surface area contributed by atoms with Gasteiger partial charge < -0.3 is 10.1 Å². The Morgan fingerprint density at radius 2 is 1.87 bits per heavy atom. The smallest absolute Gasteiger partial charge is 0.426 e. The Kier molecular flexibility index (Phi) is 3.39. The second kappa shape index (κ2) is 4.37. The van der Waals surface area contributed by atoms with Crippen LogP contribution in [-0.2, 0) is 0 Å². The Bertz CT molecular complexity index is 330. The van der Waals surface area contributed by atoms with Crippen molar-refractivity contribution in [3.05, 3.63) is 24.3 Å². The molecule has 0 radical (unpaired) electrons. The van der Waals surface area contributed by atoms with Gasteiger partial charge in [-0.1, -0.05) is 12.1 Å². The third kappa shape index (κ3) is 2.74. The van der Waals surface area contributed by atoms with Crippen LogP contribution in [-0.4, -0.2) is 19.6 Å². The lowest BCUT2D eigenvalue weighted by Gasteiger charge is -2.18. The van der Waals surface area contributed by atoms with Gasteiger partial charge in [0.05, 0.1) is 5.69 Å². The van der Waals surface area contributed by atoms with Crippen LogP contribution in [0.15, 0.2) is 24.3 Å². The summed E-state index contributed by atoms with van der Waals surface area (Å²) in [6.07, 6.45) is -8.34. The third-order valence-corrected chi connectivity index (χ3v) is 1.66. The fraction of sp³-hybridized carbons (Fsp3) is 0.333. The maximum absolute atomic E-state index is 12.5. The quantitative estimate of drug-likeness (QED) is 0.792. The van der Waals surface area contributed by atoms with E-state index in [0.29, 0.717) is 0 Å². The van der Waals surface area contributed by atoms with Gasteiger partial charge in [0.1, 0.15) is 5.75 Å². The Labute approximate surface area is 83.9 Å². The van der Waals surface area contributed by atoms with Crippen molar-refractivity contribution < 1.29 is 22.3 Å². The zero-order valence-electron chi connectivity index (χ0n) is 7.81. The minimum atomic E-state index is -4.48. The molecule has 1 aromatic rings. The standard InChI is InChI=1S/C9H9F4NO/c1-14-6-4-2-3-5-7(6)15-9(12,13)8(10)11/h2-5,8,14H,1H3. The summed E-state index contributed by atoms with van der Waals surface area (Å²) in [4.78, 5) is 0. The molecule has 0 heterocycles. The van der Waals surface area contributed by atoms with Gasteiger partial charge in [0, 0.05) is 7.05 Å². The molecule has 0 spiro atoms. The molecule has 0 bridgehead atoms. The summed E-state index contributed by atoms with van der Waals surface area (Å²) in [6.45, 7) is 0. The minimum Gasteiger partial charge on any atom is -0.426 e. The van der Waals surface area contributed by atoms with E-state index in [0.717, 1.165) is 0 Å². The molecule has 0 atom stereocenters. The number of nitrogens with one attached hydrogen (secondary N) is 1. The van der Waals surface area contributed by atoms with E-state index in [4.69, 9.17) is 0 Å². The SMILES string of the molecule is CNc1ccccc1OC(F)(F)C(F)F. The number of ether oxygens (including phenoxy) is 1. The second-order valence-corrected chi connectivity index (χ2v) is 2.71. The Morgan fingerprint density at radius 1 is 1.27 bits per heavy atom. The maximum atomic E-state index is 12.5. The molecule has 15 heavy (non-hydrogen) atoms. The summed E-state index contributed by atoms with van der Waals surface area (Å²) in [5.41, 5.74) is 0.220. The van der Waals surface area contributed by atoms with Crippen LogP contribution in [0.3, 0.4) is 0 Å². The minimum absolute atomic E-state index is 0.220. The van der Waals surface area contributed by atoms with Crippen molar-refractivity contribution in [1.82, 2.24) is 0 Å². The van der Waals surface area contributed by atoms with E-state index in [9.17, 15) is 17.6 Å². The highest BCUT2D eigenvalue weighted by Gasteiger charge is 2.44. The molecule has 0 aliphatic carbocycles. The molecule has 0 saturated heterocycles. The fourth-order valence-electron chi connectivity index (χ4n) is 0.953. The predicted molar refractivity (Wildman–Crippen MR) is 47.6 cm³/mol. The average Bonchev–Trinajstić information content (AvgIpc) is 2.18. The highest BCUT2D eigenvalue weighted by Crippen LogP contribution is 2.31. The lowest BCUT2D eigenvalue weighted by Crippen LogP contribution is -2.33. The first-order valence-corrected chi connectivity index (χ1v) is 4.09. The molecule has 0 saturated carbocycles. The lowest BCUT2D eigenvalue weighted by molar-refractivity contribution is -0.252. The monoisotopic (exact) mass is 223 g/mol. The number of alkyl halides is 4. The zero-order chi connectivity index (χ0) is 11.5. The number of rotatable bonds is 4. The predicted octanol–water partition coefficient (Wildman–Crippen LogP) is 2.97. The summed E-state index contributed by atoms with van der Waals surface area (Å²) in [7, 11) is 1.47. The molecule has 6 heteroatoms. The molecule has 1 N–H and O–H groups in total. The number of anilines is 1. The van der Waals surface area contributed by atoms with Crippen LogP contribution in [0.5, 0.6) is 5.75 Å². The molecule has 0 aliphatic rings. The second-order valence-electron chi connectivity index (χ2n) is 2.71. The first kappa shape index (κ1) is 11.6. The van der Waals surface area contributed by atoms with E-state index in [1.165, 1.54) is 25.2 Å². The number of halogens is 4. The van der Waals surface area contributed by atoms with E-state index in [1.54, 1.807) is 6.07 Å². The van der Waals surface area contributed by atoms with Crippen LogP contribution in [0, 0.1) is 0 Å². The molecule has 2 nitrogen and oxygen atoms in total. The number of benzene rings is 1. The normalized spacial score (nSPS) is 11.6. The first-order chi connectivity index (χ1) is 6.97. The average molecular weight is 223 g/mol. The van der Waals surface area contributed by atoms with Crippen LogP contribution in [0.4, 0.5) is 23.2 Å². The Balaban J connectivity index is 2.89. The Morgan fingerprint density at radius 3 is 2.40 bits per heavy atom. The maximum Gasteiger partial charge on any atom is 0.461 e. The van der Waals surface area contributed by atoms with Gasteiger partial charge in [-0.3, -0.25) is 0 Å². The van der Waals surface area contributed by atoms with Gasteiger partial charge in [-0.15, -0.1) is 0 Å². The van der Waals surface area contributed by atoms with Crippen molar-refractivity contribution in [2.24, 2.45) is 0 Å². The van der Waals surface area contributed by atoms with Crippen LogP contribution in [0.25, 0.3) is 0 Å². The van der Waals surface area contributed by atoms with Crippen molar-refractivity contribution in [3.63, 3.8) is 0 Å². The topological polar surface area (TPSA) is 21.3 Å². The van der Waals surface area contributed by atoms with E-state index >= 15 is 0 Å². The van der Waals surface area contributed by atoms with Gasteiger partial charge in [0.2, 0.25) is 0 Å². The summed E-state index contributed by atoms with van der Waals surface area (Å²) in [5.74, 6) is -0.315. The molecule has 84 valence electrons. The molecule has 0 unspecified atom stereocenters. The molecule has 1 aromatic carbocycles. The van der Waals surface area contributed by atoms with Crippen LogP contribution >= 0.6 is 0 Å². The fourth-order valence-corrected chi connectivity index (χ4v) is 0.953. The van der Waals surface area contributed by atoms with Crippen molar-refractivity contribution in [2.75, 3.05) is 12.4 Å². The highest BCUT2D eigenvalue weighted by atomic mass is 19.3. The van der Waals surface area contributed by atoms with Gasteiger partial charge >= 0.3 is 12.5 Å². The summed E-state index contributed by atoms with van der Waals surface area (Å²) in [6, 6.07) is 5.61. The number of hydrogen-bond donors (Lipinski definition) is 1. The molecule has 0 aromatic heterocycles. The summed E-state index contributed by atoms with van der Waals surface area (Å²) >= 11 is 0. The van der Waals surface area contributed by atoms with Crippen molar-refractivity contribution in [2.45, 2.75) is 12.5 Å². The van der Waals surface area contributed by atoms with Gasteiger partial charge in [0.15, 0.2) is 0 Å². The molecule has 0 aliphatic heterocycles. The Hall–Kier alpha value is -1.46. The van der Waals surface area contributed by atoms with Gasteiger partial charge in [-0.2, -0.15) is 17.6 Å². The number of hydrogen-bond acceptors (Lipinski definition) is 2. The highest BCUT2D eigenvalue weighted by molar-refractivity contribution is 5.55. The van der Waals surface area contributed by atoms with Gasteiger partial charge in [-0.05, 0) is 12.1 Å². The van der Waals surface area contributed by atoms with Gasteiger partial charge in [-0.25, -0.2) is 0 Å². The van der Waals surface area contributed by atoms with E-state index < -0.39 is 12.5 Å². The number of para-hydroxylation sites is 2. The zero-order valence-corrected chi connectivity index (χ0v) is 7.81. The lowest BCUT2D eigenvalue weighted by atomic mass is 10.3. The van der Waals surface area contributed by atoms with Crippen molar-refractivity contribution in [3.8, 4) is 5.75 Å². The molecule has 0 fully saturated rings.